The number of alkyl halides is 3. The van der Waals surface area contributed by atoms with Crippen molar-refractivity contribution >= 4 is 23.4 Å². The average molecular weight is 467 g/mol. The summed E-state index contributed by atoms with van der Waals surface area (Å²) >= 11 is 6.15. The molecule has 1 aliphatic rings. The van der Waals surface area contributed by atoms with Crippen molar-refractivity contribution in [3.05, 3.63) is 70.9 Å². The van der Waals surface area contributed by atoms with Crippen molar-refractivity contribution in [3.8, 4) is 11.4 Å². The summed E-state index contributed by atoms with van der Waals surface area (Å²) in [6.45, 7) is 0.412. The third-order valence-corrected chi connectivity index (χ3v) is 5.24. The number of nitrogens with one attached hydrogen (secondary N) is 2. The van der Waals surface area contributed by atoms with Gasteiger partial charge < -0.3 is 15.2 Å². The quantitative estimate of drug-likeness (QED) is 0.517. The summed E-state index contributed by atoms with van der Waals surface area (Å²) in [6.07, 6.45) is -5.17. The van der Waals surface area contributed by atoms with Crippen molar-refractivity contribution in [2.75, 3.05) is 11.9 Å². The van der Waals surface area contributed by atoms with E-state index >= 15 is 0 Å². The van der Waals surface area contributed by atoms with Crippen molar-refractivity contribution in [2.24, 2.45) is 0 Å². The van der Waals surface area contributed by atoms with Gasteiger partial charge >= 0.3 is 12.2 Å². The summed E-state index contributed by atoms with van der Waals surface area (Å²) in [4.78, 5) is 12.5. The SMILES string of the molecule is O=C(Nc1ccn(-c2ccc(C(O)C(F)(F)F)cc2)n1)N[C@H]1CCOc2c(Cl)cccc21. The zero-order chi connectivity index (χ0) is 22.9. The monoisotopic (exact) mass is 466 g/mol. The standard InChI is InChI=1S/C21H18ClF3N4O3/c22-15-3-1-2-14-16(9-11-32-18(14)15)26-20(31)27-17-8-10-29(28-17)13-6-4-12(5-7-13)19(30)21(23,24)25/h1-8,10,16,19,30H,9,11H2,(H2,26,27,28,31)/t16-,19?/m0/s1. The highest BCUT2D eigenvalue weighted by molar-refractivity contribution is 6.32. The van der Waals surface area contributed by atoms with Gasteiger partial charge in [-0.1, -0.05) is 35.9 Å². The number of nitrogens with zero attached hydrogens (tertiary/aromatic N) is 2. The van der Waals surface area contributed by atoms with Crippen LogP contribution in [0.4, 0.5) is 23.8 Å². The van der Waals surface area contributed by atoms with Crippen LogP contribution in [0.15, 0.2) is 54.7 Å². The minimum Gasteiger partial charge on any atom is -0.492 e. The van der Waals surface area contributed by atoms with E-state index in [9.17, 15) is 23.1 Å². The molecule has 3 N–H and O–H groups in total. The van der Waals surface area contributed by atoms with Crippen LogP contribution >= 0.6 is 11.6 Å². The minimum atomic E-state index is -4.74. The van der Waals surface area contributed by atoms with Crippen LogP contribution in [0.5, 0.6) is 5.75 Å². The lowest BCUT2D eigenvalue weighted by atomic mass is 10.0. The normalized spacial score (nSPS) is 16.6. The molecule has 1 aliphatic heterocycles. The highest BCUT2D eigenvalue weighted by Gasteiger charge is 2.39. The van der Waals surface area contributed by atoms with Gasteiger partial charge in [-0.3, -0.25) is 5.32 Å². The molecule has 2 amide bonds. The van der Waals surface area contributed by atoms with Crippen LogP contribution in [-0.2, 0) is 0 Å². The molecule has 1 aromatic heterocycles. The fourth-order valence-electron chi connectivity index (χ4n) is 3.38. The Labute approximate surface area is 185 Å². The average Bonchev–Trinajstić information content (AvgIpc) is 3.22. The number of urea groups is 1. The number of aliphatic hydroxyl groups is 1. The Balaban J connectivity index is 1.41. The Morgan fingerprint density at radius 2 is 1.97 bits per heavy atom. The van der Waals surface area contributed by atoms with Crippen molar-refractivity contribution in [3.63, 3.8) is 0 Å². The van der Waals surface area contributed by atoms with Gasteiger partial charge in [-0.2, -0.15) is 13.2 Å². The Morgan fingerprint density at radius 1 is 1.22 bits per heavy atom. The molecule has 0 saturated heterocycles. The smallest absolute Gasteiger partial charge is 0.418 e. The van der Waals surface area contributed by atoms with Crippen molar-refractivity contribution < 1.29 is 27.8 Å². The van der Waals surface area contributed by atoms with E-state index in [1.54, 1.807) is 24.4 Å². The third-order valence-electron chi connectivity index (χ3n) is 4.95. The molecule has 7 nitrogen and oxygen atoms in total. The number of carbonyl (C=O) groups excluding carboxylic acids is 1. The van der Waals surface area contributed by atoms with Crippen LogP contribution in [0, 0.1) is 0 Å². The predicted octanol–water partition coefficient (Wildman–Crippen LogP) is 4.77. The minimum absolute atomic E-state index is 0.250. The van der Waals surface area contributed by atoms with E-state index in [1.165, 1.54) is 28.9 Å². The van der Waals surface area contributed by atoms with Crippen LogP contribution < -0.4 is 15.4 Å². The lowest BCUT2D eigenvalue weighted by Crippen LogP contribution is -2.35. The first-order valence-corrected chi connectivity index (χ1v) is 9.99. The molecule has 0 fully saturated rings. The molecule has 3 aromatic rings. The summed E-state index contributed by atoms with van der Waals surface area (Å²) in [6, 6.07) is 11.2. The molecule has 4 rings (SSSR count). The molecule has 2 heterocycles. The molecule has 11 heteroatoms. The van der Waals surface area contributed by atoms with Gasteiger partial charge in [-0.25, -0.2) is 9.48 Å². The lowest BCUT2D eigenvalue weighted by molar-refractivity contribution is -0.206. The van der Waals surface area contributed by atoms with Crippen LogP contribution in [-0.4, -0.2) is 33.7 Å². The molecule has 168 valence electrons. The number of hydrogen-bond donors (Lipinski definition) is 3. The first-order valence-electron chi connectivity index (χ1n) is 9.62. The fourth-order valence-corrected chi connectivity index (χ4v) is 3.62. The Morgan fingerprint density at radius 3 is 2.69 bits per heavy atom. The summed E-state index contributed by atoms with van der Waals surface area (Å²) in [5, 5.41) is 19.5. The van der Waals surface area contributed by atoms with Gasteiger partial charge in [0.2, 0.25) is 0 Å². The Hall–Kier alpha value is -3.24. The second-order valence-corrected chi connectivity index (χ2v) is 7.53. The molecule has 2 aromatic carbocycles. The fraction of sp³-hybridized carbons (Fsp3) is 0.238. The number of carbonyl (C=O) groups is 1. The summed E-state index contributed by atoms with van der Waals surface area (Å²) in [5.74, 6) is 0.800. The zero-order valence-corrected chi connectivity index (χ0v) is 17.2. The van der Waals surface area contributed by atoms with Crippen molar-refractivity contribution in [1.82, 2.24) is 15.1 Å². The molecular weight excluding hydrogens is 449 g/mol. The van der Waals surface area contributed by atoms with Gasteiger partial charge in [0, 0.05) is 24.2 Å². The van der Waals surface area contributed by atoms with Gasteiger partial charge in [0.15, 0.2) is 11.9 Å². The number of amides is 2. The Bertz CT molecular complexity index is 1120. The number of hydrogen-bond acceptors (Lipinski definition) is 4. The zero-order valence-electron chi connectivity index (χ0n) is 16.4. The molecule has 2 atom stereocenters. The van der Waals surface area contributed by atoms with E-state index in [4.69, 9.17) is 16.3 Å². The van der Waals surface area contributed by atoms with Gasteiger partial charge in [0.05, 0.1) is 23.4 Å². The summed E-state index contributed by atoms with van der Waals surface area (Å²) in [5.41, 5.74) is 0.970. The molecule has 0 radical (unpaired) electrons. The van der Waals surface area contributed by atoms with E-state index in [2.05, 4.69) is 15.7 Å². The number of ether oxygens (including phenoxy) is 1. The largest absolute Gasteiger partial charge is 0.492 e. The molecular formula is C21H18ClF3N4O3. The van der Waals surface area contributed by atoms with Crippen LogP contribution in [0.3, 0.4) is 0 Å². The first kappa shape index (κ1) is 22.0. The van der Waals surface area contributed by atoms with Crippen LogP contribution in [0.1, 0.15) is 29.7 Å². The number of fused-ring (bicyclic) bond motifs is 1. The topological polar surface area (TPSA) is 88.4 Å². The van der Waals surface area contributed by atoms with Crippen molar-refractivity contribution in [2.45, 2.75) is 24.7 Å². The molecule has 32 heavy (non-hydrogen) atoms. The number of anilines is 1. The molecule has 0 saturated carbocycles. The maximum atomic E-state index is 12.6. The van der Waals surface area contributed by atoms with Crippen molar-refractivity contribution in [1.29, 1.82) is 0 Å². The molecule has 0 aliphatic carbocycles. The van der Waals surface area contributed by atoms with Gasteiger partial charge in [0.25, 0.3) is 0 Å². The molecule has 1 unspecified atom stereocenters. The maximum Gasteiger partial charge on any atom is 0.418 e. The highest BCUT2D eigenvalue weighted by Crippen LogP contribution is 2.37. The van der Waals surface area contributed by atoms with E-state index in [-0.39, 0.29) is 17.4 Å². The lowest BCUT2D eigenvalue weighted by Gasteiger charge is -2.27. The number of aromatic nitrogens is 2. The van der Waals surface area contributed by atoms with E-state index in [1.807, 2.05) is 6.07 Å². The molecule has 0 bridgehead atoms. The third kappa shape index (κ3) is 4.66. The second kappa shape index (κ2) is 8.71. The maximum absolute atomic E-state index is 12.6. The van der Waals surface area contributed by atoms with E-state index in [0.29, 0.717) is 29.5 Å². The van der Waals surface area contributed by atoms with Gasteiger partial charge in [-0.15, -0.1) is 5.10 Å². The van der Waals surface area contributed by atoms with E-state index in [0.717, 1.165) is 5.56 Å². The van der Waals surface area contributed by atoms with Crippen LogP contribution in [0.25, 0.3) is 5.69 Å². The van der Waals surface area contributed by atoms with Gasteiger partial charge in [-0.05, 0) is 23.8 Å². The Kier molecular flexibility index (Phi) is 5.98. The highest BCUT2D eigenvalue weighted by atomic mass is 35.5. The number of rotatable bonds is 4. The van der Waals surface area contributed by atoms with Gasteiger partial charge in [0.1, 0.15) is 5.75 Å². The van der Waals surface area contributed by atoms with E-state index < -0.39 is 18.3 Å². The predicted molar refractivity (Wildman–Crippen MR) is 111 cm³/mol. The number of benzene rings is 2. The first-order chi connectivity index (χ1) is 15.2. The van der Waals surface area contributed by atoms with Crippen LogP contribution in [0.2, 0.25) is 5.02 Å². The second-order valence-electron chi connectivity index (χ2n) is 7.13. The summed E-state index contributed by atoms with van der Waals surface area (Å²) < 4.78 is 44.9. The number of halogens is 4. The summed E-state index contributed by atoms with van der Waals surface area (Å²) in [7, 11) is 0. The number of para-hydroxylation sites is 1. The molecule has 0 spiro atoms. The number of aliphatic hydroxyl groups excluding tert-OH is 1.